The maximum atomic E-state index is 12.5. The molecule has 0 spiro atoms. The average molecular weight is 338 g/mol. The first-order valence-corrected chi connectivity index (χ1v) is 7.61. The second kappa shape index (κ2) is 5.30. The van der Waals surface area contributed by atoms with E-state index in [1.54, 1.807) is 25.3 Å². The summed E-state index contributed by atoms with van der Waals surface area (Å²) < 4.78 is 6.16. The lowest BCUT2D eigenvalue weighted by molar-refractivity contribution is 0.0325. The minimum atomic E-state index is -0.160. The molecule has 0 N–H and O–H groups in total. The monoisotopic (exact) mass is 337 g/mol. The standard InChI is InChI=1S/C15H16BrNO3/c1-20-11-5-3-10(4-6-11)17-14(18)12-7-2-9(16)8-13(12)15(17)19/h2,7-8,10-11H,3-6H2,1H3. The van der Waals surface area contributed by atoms with Crippen LogP contribution in [0, 0.1) is 0 Å². The van der Waals surface area contributed by atoms with E-state index >= 15 is 0 Å². The molecule has 3 rings (SSSR count). The van der Waals surface area contributed by atoms with E-state index in [1.165, 1.54) is 4.90 Å². The predicted molar refractivity (Wildman–Crippen MR) is 77.7 cm³/mol. The molecule has 2 amide bonds. The van der Waals surface area contributed by atoms with Crippen molar-refractivity contribution < 1.29 is 14.3 Å². The van der Waals surface area contributed by atoms with E-state index in [9.17, 15) is 9.59 Å². The molecule has 4 nitrogen and oxygen atoms in total. The number of halogens is 1. The van der Waals surface area contributed by atoms with Gasteiger partial charge in [-0.15, -0.1) is 0 Å². The third-order valence-electron chi connectivity index (χ3n) is 4.22. The van der Waals surface area contributed by atoms with Gasteiger partial charge in [-0.3, -0.25) is 14.5 Å². The van der Waals surface area contributed by atoms with Gasteiger partial charge < -0.3 is 4.74 Å². The molecule has 1 aromatic rings. The first-order chi connectivity index (χ1) is 9.61. The number of hydrogen-bond acceptors (Lipinski definition) is 3. The predicted octanol–water partition coefficient (Wildman–Crippen LogP) is 3.00. The molecule has 20 heavy (non-hydrogen) atoms. The van der Waals surface area contributed by atoms with Crippen molar-refractivity contribution in [1.29, 1.82) is 0 Å². The van der Waals surface area contributed by atoms with Crippen LogP contribution in [-0.2, 0) is 4.74 Å². The third kappa shape index (κ3) is 2.19. The number of amides is 2. The number of carbonyl (C=O) groups excluding carboxylic acids is 2. The van der Waals surface area contributed by atoms with E-state index in [4.69, 9.17) is 4.74 Å². The Morgan fingerprint density at radius 2 is 1.75 bits per heavy atom. The van der Waals surface area contributed by atoms with Gasteiger partial charge in [0, 0.05) is 17.6 Å². The Balaban J connectivity index is 1.83. The van der Waals surface area contributed by atoms with Crippen LogP contribution in [0.1, 0.15) is 46.4 Å². The lowest BCUT2D eigenvalue weighted by atomic mass is 9.92. The van der Waals surface area contributed by atoms with Gasteiger partial charge in [0.25, 0.3) is 11.8 Å². The van der Waals surface area contributed by atoms with Gasteiger partial charge in [-0.25, -0.2) is 0 Å². The van der Waals surface area contributed by atoms with E-state index in [1.807, 2.05) is 0 Å². The highest BCUT2D eigenvalue weighted by Gasteiger charge is 2.41. The molecule has 0 bridgehead atoms. The zero-order valence-electron chi connectivity index (χ0n) is 11.3. The van der Waals surface area contributed by atoms with Crippen molar-refractivity contribution in [1.82, 2.24) is 4.90 Å². The second-order valence-corrected chi connectivity index (χ2v) is 6.25. The Morgan fingerprint density at radius 3 is 2.40 bits per heavy atom. The topological polar surface area (TPSA) is 46.6 Å². The molecule has 1 aliphatic carbocycles. The molecule has 0 saturated heterocycles. The maximum absolute atomic E-state index is 12.5. The summed E-state index contributed by atoms with van der Waals surface area (Å²) in [6.07, 6.45) is 3.71. The SMILES string of the molecule is COC1CCC(N2C(=O)c3ccc(Br)cc3C2=O)CC1. The number of hydrogen-bond donors (Lipinski definition) is 0. The first kappa shape index (κ1) is 13.8. The smallest absolute Gasteiger partial charge is 0.261 e. The Bertz CT molecular complexity index is 564. The molecule has 106 valence electrons. The molecular formula is C15H16BrNO3. The summed E-state index contributed by atoms with van der Waals surface area (Å²) in [5.74, 6) is -0.314. The zero-order valence-corrected chi connectivity index (χ0v) is 12.9. The number of ether oxygens (including phenoxy) is 1. The minimum absolute atomic E-state index is 0.00701. The number of benzene rings is 1. The minimum Gasteiger partial charge on any atom is -0.381 e. The van der Waals surface area contributed by atoms with Crippen LogP contribution in [0.2, 0.25) is 0 Å². The van der Waals surface area contributed by atoms with E-state index in [2.05, 4.69) is 15.9 Å². The highest BCUT2D eigenvalue weighted by molar-refractivity contribution is 9.10. The number of fused-ring (bicyclic) bond motifs is 1. The average Bonchev–Trinajstić information content (AvgIpc) is 2.71. The number of rotatable bonds is 2. The van der Waals surface area contributed by atoms with Crippen LogP contribution in [0.3, 0.4) is 0 Å². The fraction of sp³-hybridized carbons (Fsp3) is 0.467. The van der Waals surface area contributed by atoms with Gasteiger partial charge in [0.05, 0.1) is 17.2 Å². The fourth-order valence-electron chi connectivity index (χ4n) is 3.10. The lowest BCUT2D eigenvalue weighted by Crippen LogP contribution is -2.42. The zero-order chi connectivity index (χ0) is 14.3. The van der Waals surface area contributed by atoms with Crippen LogP contribution in [0.25, 0.3) is 0 Å². The summed E-state index contributed by atoms with van der Waals surface area (Å²) >= 11 is 3.35. The van der Waals surface area contributed by atoms with Gasteiger partial charge in [0.15, 0.2) is 0 Å². The Hall–Kier alpha value is -1.20. The summed E-state index contributed by atoms with van der Waals surface area (Å²) in [6.45, 7) is 0. The molecule has 0 unspecified atom stereocenters. The van der Waals surface area contributed by atoms with Crippen LogP contribution in [0.4, 0.5) is 0 Å². The summed E-state index contributed by atoms with van der Waals surface area (Å²) in [5, 5.41) is 0. The molecule has 2 aliphatic rings. The van der Waals surface area contributed by atoms with Crippen molar-refractivity contribution in [3.8, 4) is 0 Å². The highest BCUT2D eigenvalue weighted by atomic mass is 79.9. The second-order valence-electron chi connectivity index (χ2n) is 5.34. The van der Waals surface area contributed by atoms with E-state index in [0.717, 1.165) is 30.2 Å². The molecule has 1 saturated carbocycles. The number of imide groups is 1. The molecule has 0 atom stereocenters. The van der Waals surface area contributed by atoms with Gasteiger partial charge in [0.1, 0.15) is 0 Å². The van der Waals surface area contributed by atoms with Crippen LogP contribution in [-0.4, -0.2) is 36.0 Å². The Kier molecular flexibility index (Phi) is 3.65. The molecule has 1 aliphatic heterocycles. The van der Waals surface area contributed by atoms with Crippen LogP contribution < -0.4 is 0 Å². The lowest BCUT2D eigenvalue weighted by Gasteiger charge is -2.32. The molecule has 1 aromatic carbocycles. The number of carbonyl (C=O) groups is 2. The summed E-state index contributed by atoms with van der Waals surface area (Å²) in [6, 6.07) is 5.26. The maximum Gasteiger partial charge on any atom is 0.261 e. The van der Waals surface area contributed by atoms with E-state index < -0.39 is 0 Å². The normalized spacial score (nSPS) is 26.0. The Labute approximate surface area is 126 Å². The molecule has 0 radical (unpaired) electrons. The highest BCUT2D eigenvalue weighted by Crippen LogP contribution is 2.32. The fourth-order valence-corrected chi connectivity index (χ4v) is 3.46. The molecule has 1 heterocycles. The summed E-state index contributed by atoms with van der Waals surface area (Å²) in [5.41, 5.74) is 1.03. The van der Waals surface area contributed by atoms with Gasteiger partial charge in [-0.1, -0.05) is 15.9 Å². The largest absolute Gasteiger partial charge is 0.381 e. The van der Waals surface area contributed by atoms with Gasteiger partial charge in [-0.2, -0.15) is 0 Å². The van der Waals surface area contributed by atoms with E-state index in [-0.39, 0.29) is 24.0 Å². The van der Waals surface area contributed by atoms with E-state index in [0.29, 0.717) is 11.1 Å². The van der Waals surface area contributed by atoms with Crippen molar-refractivity contribution in [3.05, 3.63) is 33.8 Å². The number of nitrogens with zero attached hydrogens (tertiary/aromatic N) is 1. The molecule has 1 fully saturated rings. The Morgan fingerprint density at radius 1 is 1.10 bits per heavy atom. The number of methoxy groups -OCH3 is 1. The van der Waals surface area contributed by atoms with Crippen molar-refractivity contribution >= 4 is 27.7 Å². The quantitative estimate of drug-likeness (QED) is 0.779. The van der Waals surface area contributed by atoms with Crippen molar-refractivity contribution in [2.75, 3.05) is 7.11 Å². The van der Waals surface area contributed by atoms with Crippen molar-refractivity contribution in [2.24, 2.45) is 0 Å². The van der Waals surface area contributed by atoms with Crippen LogP contribution in [0.15, 0.2) is 22.7 Å². The molecular weight excluding hydrogens is 322 g/mol. The molecule has 0 aromatic heterocycles. The van der Waals surface area contributed by atoms with Crippen LogP contribution >= 0.6 is 15.9 Å². The van der Waals surface area contributed by atoms with Gasteiger partial charge >= 0.3 is 0 Å². The molecule has 5 heteroatoms. The van der Waals surface area contributed by atoms with Gasteiger partial charge in [0.2, 0.25) is 0 Å². The summed E-state index contributed by atoms with van der Waals surface area (Å²) in [7, 11) is 1.71. The van der Waals surface area contributed by atoms with Crippen LogP contribution in [0.5, 0.6) is 0 Å². The van der Waals surface area contributed by atoms with Gasteiger partial charge in [-0.05, 0) is 43.9 Å². The summed E-state index contributed by atoms with van der Waals surface area (Å²) in [4.78, 5) is 26.3. The van der Waals surface area contributed by atoms with Crippen molar-refractivity contribution in [2.45, 2.75) is 37.8 Å². The first-order valence-electron chi connectivity index (χ1n) is 6.82. The van der Waals surface area contributed by atoms with Crippen molar-refractivity contribution in [3.63, 3.8) is 0 Å². The third-order valence-corrected chi connectivity index (χ3v) is 4.72.